The van der Waals surface area contributed by atoms with E-state index in [1.807, 2.05) is 0 Å². The Morgan fingerprint density at radius 1 is 1.40 bits per heavy atom. The van der Waals surface area contributed by atoms with Gasteiger partial charge >= 0.3 is 5.97 Å². The van der Waals surface area contributed by atoms with E-state index in [0.717, 1.165) is 0 Å². The SMILES string of the molecule is Cn1cc(C(N)=O)cc1C(=O)NC(C)(C)CCC(=O)O. The van der Waals surface area contributed by atoms with E-state index in [0.29, 0.717) is 12.1 Å². The van der Waals surface area contributed by atoms with Gasteiger partial charge in [-0.1, -0.05) is 0 Å². The number of carbonyl (C=O) groups is 3. The van der Waals surface area contributed by atoms with Crippen LogP contribution >= 0.6 is 0 Å². The van der Waals surface area contributed by atoms with Gasteiger partial charge in [-0.15, -0.1) is 0 Å². The van der Waals surface area contributed by atoms with E-state index >= 15 is 0 Å². The topological polar surface area (TPSA) is 114 Å². The molecule has 0 atom stereocenters. The van der Waals surface area contributed by atoms with E-state index in [-0.39, 0.29) is 17.9 Å². The highest BCUT2D eigenvalue weighted by molar-refractivity contribution is 5.98. The molecule has 0 aliphatic rings. The predicted molar refractivity (Wildman–Crippen MR) is 72.3 cm³/mol. The molecule has 1 rings (SSSR count). The summed E-state index contributed by atoms with van der Waals surface area (Å²) in [6.45, 7) is 3.48. The van der Waals surface area contributed by atoms with Gasteiger partial charge < -0.3 is 20.7 Å². The quantitative estimate of drug-likeness (QED) is 0.704. The molecule has 1 heterocycles. The van der Waals surface area contributed by atoms with Crippen LogP contribution in [-0.2, 0) is 11.8 Å². The minimum atomic E-state index is -0.915. The van der Waals surface area contributed by atoms with Gasteiger partial charge in [0.2, 0.25) is 5.91 Å². The van der Waals surface area contributed by atoms with Crippen LogP contribution in [0.25, 0.3) is 0 Å². The Labute approximate surface area is 116 Å². The number of rotatable bonds is 6. The molecule has 0 saturated heterocycles. The maximum absolute atomic E-state index is 12.1. The van der Waals surface area contributed by atoms with E-state index in [4.69, 9.17) is 10.8 Å². The third kappa shape index (κ3) is 4.11. The van der Waals surface area contributed by atoms with Crippen molar-refractivity contribution in [1.29, 1.82) is 0 Å². The molecule has 0 radical (unpaired) electrons. The zero-order valence-electron chi connectivity index (χ0n) is 11.8. The van der Waals surface area contributed by atoms with Gasteiger partial charge in [0.05, 0.1) is 5.56 Å². The number of aromatic nitrogens is 1. The number of carboxylic acids is 1. The molecular formula is C13H19N3O4. The van der Waals surface area contributed by atoms with Crippen LogP contribution in [0.1, 0.15) is 47.5 Å². The summed E-state index contributed by atoms with van der Waals surface area (Å²) in [5, 5.41) is 11.4. The molecule has 0 aromatic carbocycles. The van der Waals surface area contributed by atoms with Crippen molar-refractivity contribution >= 4 is 17.8 Å². The van der Waals surface area contributed by atoms with Crippen molar-refractivity contribution in [2.75, 3.05) is 0 Å². The molecule has 0 fully saturated rings. The minimum absolute atomic E-state index is 0.0348. The van der Waals surface area contributed by atoms with Crippen LogP contribution in [0.4, 0.5) is 0 Å². The second-order valence-corrected chi connectivity index (χ2v) is 5.32. The van der Waals surface area contributed by atoms with Gasteiger partial charge in [-0.2, -0.15) is 0 Å². The number of primary amides is 1. The first-order chi connectivity index (χ1) is 9.12. The Balaban J connectivity index is 2.80. The minimum Gasteiger partial charge on any atom is -0.481 e. The lowest BCUT2D eigenvalue weighted by atomic mass is 9.98. The van der Waals surface area contributed by atoms with Gasteiger partial charge in [0.1, 0.15) is 5.69 Å². The summed E-state index contributed by atoms with van der Waals surface area (Å²) >= 11 is 0. The van der Waals surface area contributed by atoms with Crippen LogP contribution in [0, 0.1) is 0 Å². The molecule has 0 bridgehead atoms. The number of nitrogens with two attached hydrogens (primary N) is 1. The van der Waals surface area contributed by atoms with E-state index < -0.39 is 17.4 Å². The zero-order valence-corrected chi connectivity index (χ0v) is 11.8. The van der Waals surface area contributed by atoms with E-state index in [9.17, 15) is 14.4 Å². The van der Waals surface area contributed by atoms with E-state index in [1.54, 1.807) is 20.9 Å². The molecular weight excluding hydrogens is 262 g/mol. The molecule has 0 aliphatic carbocycles. The Bertz CT molecular complexity index is 546. The molecule has 7 nitrogen and oxygen atoms in total. The van der Waals surface area contributed by atoms with Crippen molar-refractivity contribution in [2.24, 2.45) is 12.8 Å². The number of hydrogen-bond acceptors (Lipinski definition) is 3. The lowest BCUT2D eigenvalue weighted by Crippen LogP contribution is -2.44. The third-order valence-corrected chi connectivity index (χ3v) is 2.94. The molecule has 20 heavy (non-hydrogen) atoms. The summed E-state index contributed by atoms with van der Waals surface area (Å²) in [6, 6.07) is 1.41. The summed E-state index contributed by atoms with van der Waals surface area (Å²) in [5.74, 6) is -1.90. The Kier molecular flexibility index (Phi) is 4.54. The van der Waals surface area contributed by atoms with Crippen LogP contribution in [0.15, 0.2) is 12.3 Å². The average molecular weight is 281 g/mol. The van der Waals surface area contributed by atoms with Crippen molar-refractivity contribution in [3.63, 3.8) is 0 Å². The Hall–Kier alpha value is -2.31. The fourth-order valence-corrected chi connectivity index (χ4v) is 1.78. The molecule has 4 N–H and O–H groups in total. The van der Waals surface area contributed by atoms with Crippen LogP contribution in [0.2, 0.25) is 0 Å². The summed E-state index contributed by atoms with van der Waals surface area (Å²) in [6.07, 6.45) is 1.75. The van der Waals surface area contributed by atoms with Crippen molar-refractivity contribution in [2.45, 2.75) is 32.2 Å². The monoisotopic (exact) mass is 281 g/mol. The highest BCUT2D eigenvalue weighted by Gasteiger charge is 2.24. The summed E-state index contributed by atoms with van der Waals surface area (Å²) in [5.41, 5.74) is 5.04. The fraction of sp³-hybridized carbons (Fsp3) is 0.462. The van der Waals surface area contributed by atoms with Gasteiger partial charge in [-0.3, -0.25) is 14.4 Å². The summed E-state index contributed by atoms with van der Waals surface area (Å²) in [7, 11) is 1.63. The third-order valence-electron chi connectivity index (χ3n) is 2.94. The van der Waals surface area contributed by atoms with E-state index in [1.165, 1.54) is 16.8 Å². The second-order valence-electron chi connectivity index (χ2n) is 5.32. The van der Waals surface area contributed by atoms with E-state index in [2.05, 4.69) is 5.32 Å². The van der Waals surface area contributed by atoms with Crippen LogP contribution in [0.3, 0.4) is 0 Å². The molecule has 1 aromatic rings. The highest BCUT2D eigenvalue weighted by atomic mass is 16.4. The number of nitrogens with zero attached hydrogens (tertiary/aromatic N) is 1. The van der Waals surface area contributed by atoms with Crippen molar-refractivity contribution < 1.29 is 19.5 Å². The smallest absolute Gasteiger partial charge is 0.303 e. The number of carboxylic acid groups (broad SMARTS) is 1. The number of aryl methyl sites for hydroxylation is 1. The predicted octanol–water partition coefficient (Wildman–Crippen LogP) is 0.497. The number of nitrogens with one attached hydrogen (secondary N) is 1. The van der Waals surface area contributed by atoms with Gasteiger partial charge in [0.15, 0.2) is 0 Å². The highest BCUT2D eigenvalue weighted by Crippen LogP contribution is 2.14. The maximum atomic E-state index is 12.1. The average Bonchev–Trinajstić information content (AvgIpc) is 2.68. The standard InChI is InChI=1S/C13H19N3O4/c1-13(2,5-4-10(17)18)15-12(20)9-6-8(11(14)19)7-16(9)3/h6-7H,4-5H2,1-3H3,(H2,14,19)(H,15,20)(H,17,18). The molecule has 0 unspecified atom stereocenters. The number of aliphatic carboxylic acids is 1. The van der Waals surface area contributed by atoms with Crippen molar-refractivity contribution in [3.05, 3.63) is 23.5 Å². The lowest BCUT2D eigenvalue weighted by molar-refractivity contribution is -0.137. The van der Waals surface area contributed by atoms with Crippen LogP contribution < -0.4 is 11.1 Å². The van der Waals surface area contributed by atoms with Crippen LogP contribution in [0.5, 0.6) is 0 Å². The first kappa shape index (κ1) is 15.7. The van der Waals surface area contributed by atoms with Gasteiger partial charge in [0.25, 0.3) is 5.91 Å². The molecule has 0 spiro atoms. The first-order valence-corrected chi connectivity index (χ1v) is 6.13. The van der Waals surface area contributed by atoms with Gasteiger partial charge in [0, 0.05) is 25.2 Å². The Morgan fingerprint density at radius 2 is 2.00 bits per heavy atom. The zero-order chi connectivity index (χ0) is 15.5. The fourth-order valence-electron chi connectivity index (χ4n) is 1.78. The first-order valence-electron chi connectivity index (χ1n) is 6.13. The van der Waals surface area contributed by atoms with Gasteiger partial charge in [-0.05, 0) is 26.3 Å². The van der Waals surface area contributed by atoms with Gasteiger partial charge in [-0.25, -0.2) is 0 Å². The largest absolute Gasteiger partial charge is 0.481 e. The second kappa shape index (κ2) is 5.77. The number of hydrogen-bond donors (Lipinski definition) is 3. The number of amides is 2. The number of carbonyl (C=O) groups excluding carboxylic acids is 2. The normalized spacial score (nSPS) is 11.2. The molecule has 2 amide bonds. The lowest BCUT2D eigenvalue weighted by Gasteiger charge is -2.25. The molecule has 0 aliphatic heterocycles. The van der Waals surface area contributed by atoms with Crippen LogP contribution in [-0.4, -0.2) is 33.0 Å². The Morgan fingerprint density at radius 3 is 2.45 bits per heavy atom. The molecule has 1 aromatic heterocycles. The van der Waals surface area contributed by atoms with Crippen molar-refractivity contribution in [1.82, 2.24) is 9.88 Å². The molecule has 110 valence electrons. The summed E-state index contributed by atoms with van der Waals surface area (Å²) in [4.78, 5) is 33.8. The maximum Gasteiger partial charge on any atom is 0.303 e. The van der Waals surface area contributed by atoms with Crippen molar-refractivity contribution in [3.8, 4) is 0 Å². The molecule has 7 heteroatoms. The summed E-state index contributed by atoms with van der Waals surface area (Å²) < 4.78 is 1.50. The molecule has 0 saturated carbocycles.